The van der Waals surface area contributed by atoms with Gasteiger partial charge in [-0.05, 0) is 6.92 Å². The fourth-order valence-corrected chi connectivity index (χ4v) is 0. The second-order valence-corrected chi connectivity index (χ2v) is 0.877. The van der Waals surface area contributed by atoms with Gasteiger partial charge in [0, 0.05) is 23.9 Å². The van der Waals surface area contributed by atoms with Gasteiger partial charge >= 0.3 is 0 Å². The average Bonchev–Trinajstić information content (AvgIpc) is 1.38. The SMILES string of the molecule is C[C@H](O)C=O.[Sn]. The van der Waals surface area contributed by atoms with Gasteiger partial charge in [0.25, 0.3) is 0 Å². The molecule has 0 rings (SSSR count). The molecule has 4 radical (unpaired) electrons. The molecule has 0 aromatic rings. The van der Waals surface area contributed by atoms with E-state index in [-0.39, 0.29) is 23.9 Å². The van der Waals surface area contributed by atoms with Crippen molar-refractivity contribution < 1.29 is 9.90 Å². The maximum atomic E-state index is 9.25. The maximum absolute atomic E-state index is 9.25. The molecule has 0 spiro atoms. The molecule has 0 saturated heterocycles. The molecule has 0 fully saturated rings. The summed E-state index contributed by atoms with van der Waals surface area (Å²) in [7, 11) is 0. The summed E-state index contributed by atoms with van der Waals surface area (Å²) in [6.07, 6.45) is -0.324. The second kappa shape index (κ2) is 5.43. The van der Waals surface area contributed by atoms with Crippen LogP contribution in [0.1, 0.15) is 6.92 Å². The smallest absolute Gasteiger partial charge is 0.148 e. The molecular weight excluding hydrogens is 187 g/mol. The quantitative estimate of drug-likeness (QED) is 0.436. The van der Waals surface area contributed by atoms with Crippen molar-refractivity contribution in [2.45, 2.75) is 13.0 Å². The van der Waals surface area contributed by atoms with E-state index in [0.717, 1.165) is 0 Å². The summed E-state index contributed by atoms with van der Waals surface area (Å²) >= 11 is 0. The standard InChI is InChI=1S/C3H6O2.Sn/c1-3(5)2-4;/h2-3,5H,1H3;/t3-;/m0./s1. The Morgan fingerprint density at radius 3 is 2.00 bits per heavy atom. The van der Waals surface area contributed by atoms with Crippen molar-refractivity contribution >= 4 is 30.2 Å². The number of aldehydes is 1. The fourth-order valence-electron chi connectivity index (χ4n) is 0. The van der Waals surface area contributed by atoms with E-state index in [9.17, 15) is 4.79 Å². The Hall–Kier alpha value is 0.429. The van der Waals surface area contributed by atoms with E-state index in [1.807, 2.05) is 0 Å². The summed E-state index contributed by atoms with van der Waals surface area (Å²) in [6.45, 7) is 1.41. The molecule has 34 valence electrons. The zero-order chi connectivity index (χ0) is 4.28. The molecular formula is C3H6O2Sn. The summed E-state index contributed by atoms with van der Waals surface area (Å²) in [6, 6.07) is 0. The van der Waals surface area contributed by atoms with Crippen LogP contribution in [0.2, 0.25) is 0 Å². The molecule has 0 unspecified atom stereocenters. The summed E-state index contributed by atoms with van der Waals surface area (Å²) < 4.78 is 0. The van der Waals surface area contributed by atoms with Gasteiger partial charge in [0.1, 0.15) is 12.4 Å². The summed E-state index contributed by atoms with van der Waals surface area (Å²) in [4.78, 5) is 9.25. The van der Waals surface area contributed by atoms with E-state index in [1.54, 1.807) is 0 Å². The third-order valence-electron chi connectivity index (χ3n) is 0.197. The van der Waals surface area contributed by atoms with Crippen LogP contribution < -0.4 is 0 Å². The Labute approximate surface area is 53.5 Å². The van der Waals surface area contributed by atoms with Gasteiger partial charge in [0.05, 0.1) is 0 Å². The minimum atomic E-state index is -0.796. The van der Waals surface area contributed by atoms with Crippen LogP contribution in [0.15, 0.2) is 0 Å². The molecule has 0 heterocycles. The van der Waals surface area contributed by atoms with Crippen LogP contribution in [0.25, 0.3) is 0 Å². The van der Waals surface area contributed by atoms with Crippen molar-refractivity contribution in [3.8, 4) is 0 Å². The normalized spacial score (nSPS) is 11.7. The molecule has 3 heteroatoms. The Bertz CT molecular complexity index is 35.8. The van der Waals surface area contributed by atoms with Crippen molar-refractivity contribution in [3.63, 3.8) is 0 Å². The Balaban J connectivity index is 0. The zero-order valence-electron chi connectivity index (χ0n) is 3.51. The molecule has 0 aliphatic rings. The van der Waals surface area contributed by atoms with Crippen LogP contribution in [0.4, 0.5) is 0 Å². The zero-order valence-corrected chi connectivity index (χ0v) is 6.36. The van der Waals surface area contributed by atoms with E-state index in [0.29, 0.717) is 6.29 Å². The number of aliphatic hydroxyl groups is 1. The molecule has 0 aliphatic carbocycles. The molecule has 0 amide bonds. The van der Waals surface area contributed by atoms with E-state index in [2.05, 4.69) is 0 Å². The Kier molecular flexibility index (Phi) is 8.74. The molecule has 0 saturated carbocycles. The van der Waals surface area contributed by atoms with E-state index < -0.39 is 6.10 Å². The van der Waals surface area contributed by atoms with Gasteiger partial charge in [-0.25, -0.2) is 0 Å². The van der Waals surface area contributed by atoms with Crippen molar-refractivity contribution in [2.75, 3.05) is 0 Å². The Morgan fingerprint density at radius 1 is 1.83 bits per heavy atom. The number of carbonyl (C=O) groups excluding carboxylic acids is 1. The van der Waals surface area contributed by atoms with Crippen LogP contribution in [0.3, 0.4) is 0 Å². The van der Waals surface area contributed by atoms with Crippen LogP contribution in [0.5, 0.6) is 0 Å². The summed E-state index contributed by atoms with van der Waals surface area (Å²) in [5, 5.41) is 7.99. The van der Waals surface area contributed by atoms with Crippen molar-refractivity contribution in [3.05, 3.63) is 0 Å². The van der Waals surface area contributed by atoms with Gasteiger partial charge in [-0.15, -0.1) is 0 Å². The third kappa shape index (κ3) is 8.83. The monoisotopic (exact) mass is 194 g/mol. The first-order valence-electron chi connectivity index (χ1n) is 1.40. The number of hydrogen-bond acceptors (Lipinski definition) is 2. The van der Waals surface area contributed by atoms with E-state index >= 15 is 0 Å². The van der Waals surface area contributed by atoms with E-state index in [1.165, 1.54) is 6.92 Å². The van der Waals surface area contributed by atoms with Crippen LogP contribution in [-0.2, 0) is 4.79 Å². The second-order valence-electron chi connectivity index (χ2n) is 0.877. The van der Waals surface area contributed by atoms with Crippen molar-refractivity contribution in [2.24, 2.45) is 0 Å². The summed E-state index contributed by atoms with van der Waals surface area (Å²) in [5.74, 6) is 0. The molecule has 0 bridgehead atoms. The molecule has 2 nitrogen and oxygen atoms in total. The predicted octanol–water partition coefficient (Wildman–Crippen LogP) is -0.815. The number of hydrogen-bond donors (Lipinski definition) is 1. The average molecular weight is 193 g/mol. The number of rotatable bonds is 1. The first kappa shape index (κ1) is 9.66. The molecule has 1 atom stereocenters. The predicted molar refractivity (Wildman–Crippen MR) is 23.5 cm³/mol. The first-order valence-corrected chi connectivity index (χ1v) is 1.40. The van der Waals surface area contributed by atoms with Crippen LogP contribution in [0, 0.1) is 0 Å². The molecule has 1 N–H and O–H groups in total. The minimum absolute atomic E-state index is 0. The molecule has 0 aromatic carbocycles. The van der Waals surface area contributed by atoms with Crippen LogP contribution in [-0.4, -0.2) is 41.4 Å². The molecule has 0 aliphatic heterocycles. The first-order chi connectivity index (χ1) is 2.27. The third-order valence-corrected chi connectivity index (χ3v) is 0.197. The van der Waals surface area contributed by atoms with Crippen LogP contribution >= 0.6 is 0 Å². The van der Waals surface area contributed by atoms with Gasteiger partial charge in [-0.2, -0.15) is 0 Å². The summed E-state index contributed by atoms with van der Waals surface area (Å²) in [5.41, 5.74) is 0. The molecule has 0 aromatic heterocycles. The van der Waals surface area contributed by atoms with Gasteiger partial charge < -0.3 is 9.90 Å². The van der Waals surface area contributed by atoms with Gasteiger partial charge in [-0.1, -0.05) is 0 Å². The number of aliphatic hydroxyl groups excluding tert-OH is 1. The van der Waals surface area contributed by atoms with Crippen molar-refractivity contribution in [1.82, 2.24) is 0 Å². The fraction of sp³-hybridized carbons (Fsp3) is 0.667. The Morgan fingerprint density at radius 2 is 2.00 bits per heavy atom. The molecule has 6 heavy (non-hydrogen) atoms. The van der Waals surface area contributed by atoms with E-state index in [4.69, 9.17) is 5.11 Å². The maximum Gasteiger partial charge on any atom is 0.148 e. The largest absolute Gasteiger partial charge is 0.386 e. The van der Waals surface area contributed by atoms with Gasteiger partial charge in [0.2, 0.25) is 0 Å². The van der Waals surface area contributed by atoms with Crippen molar-refractivity contribution in [1.29, 1.82) is 0 Å². The topological polar surface area (TPSA) is 37.3 Å². The van der Waals surface area contributed by atoms with Gasteiger partial charge in [0.15, 0.2) is 0 Å². The number of carbonyl (C=O) groups is 1. The minimum Gasteiger partial charge on any atom is -0.386 e. The van der Waals surface area contributed by atoms with Gasteiger partial charge in [-0.3, -0.25) is 0 Å².